The van der Waals surface area contributed by atoms with Crippen molar-refractivity contribution in [1.29, 1.82) is 0 Å². The monoisotopic (exact) mass is 437 g/mol. The molecule has 2 N–H and O–H groups in total. The maximum atomic E-state index is 13.4. The molecule has 4 rings (SSSR count). The normalized spacial score (nSPS) is 26.1. The van der Waals surface area contributed by atoms with Crippen LogP contribution in [-0.4, -0.2) is 34.3 Å². The number of primary amides is 1. The highest BCUT2D eigenvalue weighted by Crippen LogP contribution is 2.46. The van der Waals surface area contributed by atoms with Crippen LogP contribution in [0.15, 0.2) is 24.3 Å². The van der Waals surface area contributed by atoms with Crippen molar-refractivity contribution >= 4 is 23.2 Å². The van der Waals surface area contributed by atoms with Crippen LogP contribution >= 0.6 is 11.3 Å². The van der Waals surface area contributed by atoms with Crippen LogP contribution in [0.5, 0.6) is 0 Å². The minimum atomic E-state index is -4.49. The Hall–Kier alpha value is -2.42. The smallest absolute Gasteiger partial charge is 0.368 e. The quantitative estimate of drug-likeness (QED) is 0.785. The number of halogens is 3. The van der Waals surface area contributed by atoms with Crippen LogP contribution < -0.4 is 5.73 Å². The van der Waals surface area contributed by atoms with Gasteiger partial charge in [-0.3, -0.25) is 9.59 Å². The molecule has 4 atom stereocenters. The van der Waals surface area contributed by atoms with Gasteiger partial charge < -0.3 is 10.6 Å². The van der Waals surface area contributed by atoms with Crippen molar-refractivity contribution in [1.82, 2.24) is 9.88 Å². The number of nitrogens with zero attached hydrogens (tertiary/aromatic N) is 2. The molecule has 1 aliphatic heterocycles. The number of benzene rings is 1. The molecule has 1 saturated carbocycles. The predicted octanol–water partition coefficient (Wildman–Crippen LogP) is 4.11. The van der Waals surface area contributed by atoms with Gasteiger partial charge in [-0.15, -0.1) is 11.3 Å². The molecule has 1 aromatic carbocycles. The minimum Gasteiger partial charge on any atom is -0.368 e. The molecule has 1 aliphatic carbocycles. The van der Waals surface area contributed by atoms with Crippen molar-refractivity contribution in [2.24, 2.45) is 23.5 Å². The van der Waals surface area contributed by atoms with E-state index < -0.39 is 29.6 Å². The second-order valence-electron chi connectivity index (χ2n) is 8.29. The molecular weight excluding hydrogens is 415 g/mol. The van der Waals surface area contributed by atoms with E-state index in [0.717, 1.165) is 36.3 Å². The Morgan fingerprint density at radius 1 is 1.27 bits per heavy atom. The molecule has 2 fully saturated rings. The van der Waals surface area contributed by atoms with E-state index in [4.69, 9.17) is 5.73 Å². The van der Waals surface area contributed by atoms with Crippen LogP contribution in [-0.2, 0) is 11.0 Å². The molecule has 160 valence electrons. The number of carbonyl (C=O) groups is 2. The number of hydrogen-bond donors (Lipinski definition) is 1. The predicted molar refractivity (Wildman–Crippen MR) is 107 cm³/mol. The maximum absolute atomic E-state index is 13.4. The highest BCUT2D eigenvalue weighted by Gasteiger charge is 2.51. The van der Waals surface area contributed by atoms with Gasteiger partial charge in [-0.05, 0) is 55.2 Å². The molecule has 1 saturated heterocycles. The number of likely N-dealkylation sites (tertiary alicyclic amines) is 1. The summed E-state index contributed by atoms with van der Waals surface area (Å²) in [7, 11) is 0. The topological polar surface area (TPSA) is 76.3 Å². The molecule has 1 aromatic heterocycles. The van der Waals surface area contributed by atoms with Gasteiger partial charge in [-0.2, -0.15) is 13.2 Å². The third-order valence-corrected chi connectivity index (χ3v) is 7.12. The largest absolute Gasteiger partial charge is 0.416 e. The van der Waals surface area contributed by atoms with Gasteiger partial charge in [-0.1, -0.05) is 19.1 Å². The second kappa shape index (κ2) is 7.37. The number of fused-ring (bicyclic) bond motifs is 1. The lowest BCUT2D eigenvalue weighted by atomic mass is 9.93. The van der Waals surface area contributed by atoms with E-state index in [9.17, 15) is 22.8 Å². The molecular formula is C21H22F3N3O2S. The first-order valence-corrected chi connectivity index (χ1v) is 10.6. The van der Waals surface area contributed by atoms with Gasteiger partial charge in [0, 0.05) is 6.54 Å². The van der Waals surface area contributed by atoms with Gasteiger partial charge in [0.1, 0.15) is 11.7 Å². The first-order valence-electron chi connectivity index (χ1n) is 9.81. The Morgan fingerprint density at radius 2 is 2.00 bits per heavy atom. The molecule has 5 nitrogen and oxygen atoms in total. The van der Waals surface area contributed by atoms with Gasteiger partial charge in [-0.25, -0.2) is 4.98 Å². The average molecular weight is 437 g/mol. The third kappa shape index (κ3) is 3.59. The Bertz CT molecular complexity index is 1000. The van der Waals surface area contributed by atoms with E-state index in [1.165, 1.54) is 17.0 Å². The molecule has 2 heterocycles. The van der Waals surface area contributed by atoms with E-state index in [2.05, 4.69) is 11.9 Å². The van der Waals surface area contributed by atoms with Gasteiger partial charge in [0.05, 0.1) is 15.4 Å². The molecule has 9 heteroatoms. The standard InChI is InChI=1S/C21H22F3N3O2S/c1-10-6-13-9-27(17(19(25)28)15(13)7-10)20(29)16-18(30-11(2)26-16)12-4-3-5-14(8-12)21(22,23)24/h3-5,8,10,13,15,17H,6-7,9H2,1-2H3,(H2,25,28)/t10?,13-,15-,17-/m0/s1. The van der Waals surface area contributed by atoms with Crippen molar-refractivity contribution in [3.05, 3.63) is 40.5 Å². The van der Waals surface area contributed by atoms with Crippen LogP contribution in [0.4, 0.5) is 13.2 Å². The van der Waals surface area contributed by atoms with Crippen molar-refractivity contribution in [2.75, 3.05) is 6.54 Å². The first kappa shape index (κ1) is 20.8. The van der Waals surface area contributed by atoms with Crippen LogP contribution in [0.25, 0.3) is 10.4 Å². The van der Waals surface area contributed by atoms with Crippen molar-refractivity contribution in [3.8, 4) is 10.4 Å². The summed E-state index contributed by atoms with van der Waals surface area (Å²) in [6.45, 7) is 4.24. The molecule has 2 amide bonds. The fourth-order valence-electron chi connectivity index (χ4n) is 4.95. The molecule has 0 spiro atoms. The summed E-state index contributed by atoms with van der Waals surface area (Å²) in [5, 5.41) is 0.564. The van der Waals surface area contributed by atoms with Gasteiger partial charge in [0.25, 0.3) is 5.91 Å². The summed E-state index contributed by atoms with van der Waals surface area (Å²) < 4.78 is 39.5. The number of thiazole rings is 1. The molecule has 2 aliphatic rings. The zero-order valence-corrected chi connectivity index (χ0v) is 17.4. The summed E-state index contributed by atoms with van der Waals surface area (Å²) in [6, 6.07) is 4.16. The molecule has 0 radical (unpaired) electrons. The van der Waals surface area contributed by atoms with E-state index in [1.807, 2.05) is 0 Å². The number of amides is 2. The summed E-state index contributed by atoms with van der Waals surface area (Å²) in [4.78, 5) is 31.8. The average Bonchev–Trinajstić information content (AvgIpc) is 3.31. The lowest BCUT2D eigenvalue weighted by Gasteiger charge is -2.25. The Morgan fingerprint density at radius 3 is 2.67 bits per heavy atom. The SMILES string of the molecule is Cc1nc(C(=O)N2C[C@@H]3CC(C)C[C@@H]3[C@H]2C(N)=O)c(-c2cccc(C(F)(F)F)c2)s1. The molecule has 0 bridgehead atoms. The van der Waals surface area contributed by atoms with Crippen LogP contribution in [0.2, 0.25) is 0 Å². The Labute approximate surface area is 176 Å². The zero-order valence-electron chi connectivity index (χ0n) is 16.6. The second-order valence-corrected chi connectivity index (χ2v) is 9.50. The summed E-state index contributed by atoms with van der Waals surface area (Å²) in [5.74, 6) is -0.284. The first-order chi connectivity index (χ1) is 14.1. The third-order valence-electron chi connectivity index (χ3n) is 6.10. The number of nitrogens with two attached hydrogens (primary N) is 1. The fraction of sp³-hybridized carbons (Fsp3) is 0.476. The molecule has 2 aromatic rings. The van der Waals surface area contributed by atoms with Crippen LogP contribution in [0, 0.1) is 24.7 Å². The number of aromatic nitrogens is 1. The Balaban J connectivity index is 1.71. The van der Waals surface area contributed by atoms with E-state index in [0.29, 0.717) is 22.3 Å². The fourth-order valence-corrected chi connectivity index (χ4v) is 5.86. The zero-order chi connectivity index (χ0) is 21.8. The maximum Gasteiger partial charge on any atom is 0.416 e. The van der Waals surface area contributed by atoms with E-state index in [-0.39, 0.29) is 23.1 Å². The minimum absolute atomic E-state index is 0.0261. The molecule has 30 heavy (non-hydrogen) atoms. The van der Waals surface area contributed by atoms with Crippen LogP contribution in [0.1, 0.15) is 40.8 Å². The molecule has 1 unspecified atom stereocenters. The van der Waals surface area contributed by atoms with Crippen LogP contribution in [0.3, 0.4) is 0 Å². The van der Waals surface area contributed by atoms with Crippen molar-refractivity contribution in [3.63, 3.8) is 0 Å². The van der Waals surface area contributed by atoms with Crippen molar-refractivity contribution < 1.29 is 22.8 Å². The lowest BCUT2D eigenvalue weighted by Crippen LogP contribution is -2.46. The summed E-state index contributed by atoms with van der Waals surface area (Å²) >= 11 is 1.16. The van der Waals surface area contributed by atoms with Crippen molar-refractivity contribution in [2.45, 2.75) is 38.9 Å². The summed E-state index contributed by atoms with van der Waals surface area (Å²) in [6.07, 6.45) is -2.73. The van der Waals surface area contributed by atoms with E-state index in [1.54, 1.807) is 6.92 Å². The highest BCUT2D eigenvalue weighted by molar-refractivity contribution is 7.15. The van der Waals surface area contributed by atoms with Gasteiger partial charge >= 0.3 is 6.18 Å². The Kier molecular flexibility index (Phi) is 5.12. The van der Waals surface area contributed by atoms with Gasteiger partial charge in [0.15, 0.2) is 0 Å². The number of carbonyl (C=O) groups excluding carboxylic acids is 2. The number of rotatable bonds is 3. The highest BCUT2D eigenvalue weighted by atomic mass is 32.1. The van der Waals surface area contributed by atoms with Gasteiger partial charge in [0.2, 0.25) is 5.91 Å². The lowest BCUT2D eigenvalue weighted by molar-refractivity contribution is -0.137. The van der Waals surface area contributed by atoms with E-state index >= 15 is 0 Å². The number of aryl methyl sites for hydroxylation is 1. The number of hydrogen-bond acceptors (Lipinski definition) is 4. The summed E-state index contributed by atoms with van der Waals surface area (Å²) in [5.41, 5.74) is 5.22. The number of alkyl halides is 3.